The molecule has 2 atom stereocenters. The second kappa shape index (κ2) is 6.69. The normalized spacial score (nSPS) is 23.9. The van der Waals surface area contributed by atoms with Crippen molar-refractivity contribution in [2.45, 2.75) is 52.2 Å². The van der Waals surface area contributed by atoms with Gasteiger partial charge in [0.1, 0.15) is 6.10 Å². The van der Waals surface area contributed by atoms with Crippen molar-refractivity contribution in [3.05, 3.63) is 17.8 Å². The maximum atomic E-state index is 5.93. The van der Waals surface area contributed by atoms with Gasteiger partial charge in [0, 0.05) is 12.6 Å². The van der Waals surface area contributed by atoms with E-state index in [1.54, 1.807) is 0 Å². The molecular formula is C14H23N3O. The van der Waals surface area contributed by atoms with Crippen molar-refractivity contribution < 1.29 is 4.74 Å². The quantitative estimate of drug-likeness (QED) is 0.871. The minimum Gasteiger partial charge on any atom is -0.473 e. The molecule has 4 heteroatoms. The second-order valence-electron chi connectivity index (χ2n) is 5.06. The summed E-state index contributed by atoms with van der Waals surface area (Å²) in [5.74, 6) is 1.29. The smallest absolute Gasteiger partial charge is 0.233 e. The molecule has 0 saturated heterocycles. The Morgan fingerprint density at radius 2 is 2.11 bits per heavy atom. The third-order valence-electron chi connectivity index (χ3n) is 3.56. The van der Waals surface area contributed by atoms with E-state index in [1.807, 2.05) is 12.1 Å². The van der Waals surface area contributed by atoms with E-state index in [-0.39, 0.29) is 0 Å². The summed E-state index contributed by atoms with van der Waals surface area (Å²) in [6.45, 7) is 6.05. The number of ether oxygens (including phenoxy) is 1. The number of aromatic nitrogens is 2. The number of rotatable bonds is 5. The first-order valence-electron chi connectivity index (χ1n) is 6.99. The molecule has 1 aliphatic rings. The van der Waals surface area contributed by atoms with Gasteiger partial charge in [-0.15, -0.1) is 5.10 Å². The fourth-order valence-electron chi connectivity index (χ4n) is 2.37. The molecule has 2 rings (SSSR count). The Balaban J connectivity index is 1.89. The van der Waals surface area contributed by atoms with Crippen molar-refractivity contribution in [2.75, 3.05) is 6.54 Å². The molecule has 1 aromatic rings. The van der Waals surface area contributed by atoms with E-state index in [0.717, 1.165) is 25.2 Å². The third-order valence-corrected chi connectivity index (χ3v) is 3.56. The van der Waals surface area contributed by atoms with Crippen molar-refractivity contribution in [2.24, 2.45) is 5.92 Å². The fourth-order valence-corrected chi connectivity index (χ4v) is 2.37. The van der Waals surface area contributed by atoms with E-state index < -0.39 is 0 Å². The van der Waals surface area contributed by atoms with Crippen molar-refractivity contribution >= 4 is 0 Å². The number of nitrogens with zero attached hydrogens (tertiary/aromatic N) is 2. The lowest BCUT2D eigenvalue weighted by Crippen LogP contribution is -2.28. The Kier molecular flexibility index (Phi) is 4.93. The Labute approximate surface area is 109 Å². The van der Waals surface area contributed by atoms with Gasteiger partial charge >= 0.3 is 0 Å². The summed E-state index contributed by atoms with van der Waals surface area (Å²) in [6, 6.07) is 3.92. The molecule has 1 heterocycles. The lowest BCUT2D eigenvalue weighted by molar-refractivity contribution is 0.0964. The largest absolute Gasteiger partial charge is 0.473 e. The van der Waals surface area contributed by atoms with Crippen LogP contribution in [-0.4, -0.2) is 22.8 Å². The van der Waals surface area contributed by atoms with Crippen LogP contribution in [0, 0.1) is 5.92 Å². The second-order valence-corrected chi connectivity index (χ2v) is 5.06. The van der Waals surface area contributed by atoms with E-state index in [0.29, 0.717) is 17.9 Å². The molecule has 1 fully saturated rings. The van der Waals surface area contributed by atoms with Gasteiger partial charge in [-0.25, -0.2) is 0 Å². The highest BCUT2D eigenvalue weighted by Gasteiger charge is 2.23. The van der Waals surface area contributed by atoms with Crippen LogP contribution in [0.15, 0.2) is 12.1 Å². The Morgan fingerprint density at radius 1 is 1.28 bits per heavy atom. The predicted octanol–water partition coefficient (Wildman–Crippen LogP) is 2.54. The maximum absolute atomic E-state index is 5.93. The average Bonchev–Trinajstić information content (AvgIpc) is 2.41. The van der Waals surface area contributed by atoms with E-state index >= 15 is 0 Å². The zero-order valence-corrected chi connectivity index (χ0v) is 11.4. The van der Waals surface area contributed by atoms with E-state index in [9.17, 15) is 0 Å². The number of nitrogens with one attached hydrogen (secondary N) is 1. The first kappa shape index (κ1) is 13.3. The minimum atomic E-state index is 0.313. The van der Waals surface area contributed by atoms with Crippen molar-refractivity contribution in [1.29, 1.82) is 0 Å². The van der Waals surface area contributed by atoms with Crippen LogP contribution in [-0.2, 0) is 6.54 Å². The van der Waals surface area contributed by atoms with Crippen molar-refractivity contribution in [3.63, 3.8) is 0 Å². The number of hydrogen-bond acceptors (Lipinski definition) is 4. The van der Waals surface area contributed by atoms with E-state index in [2.05, 4.69) is 29.4 Å². The topological polar surface area (TPSA) is 47.0 Å². The molecule has 0 aromatic carbocycles. The summed E-state index contributed by atoms with van der Waals surface area (Å²) in [4.78, 5) is 0. The van der Waals surface area contributed by atoms with Crippen LogP contribution in [0.3, 0.4) is 0 Å². The van der Waals surface area contributed by atoms with Gasteiger partial charge < -0.3 is 10.1 Å². The van der Waals surface area contributed by atoms with Gasteiger partial charge in [-0.3, -0.25) is 0 Å². The maximum Gasteiger partial charge on any atom is 0.233 e. The molecule has 1 aromatic heterocycles. The standard InChI is InChI=1S/C14H23N3O/c1-3-15-10-12-8-9-14(17-16-12)18-13-7-5-4-6-11(13)2/h8-9,11,13,15H,3-7,10H2,1-2H3. The summed E-state index contributed by atoms with van der Waals surface area (Å²) < 4.78 is 5.93. The molecule has 2 unspecified atom stereocenters. The lowest BCUT2D eigenvalue weighted by Gasteiger charge is -2.28. The van der Waals surface area contributed by atoms with Crippen LogP contribution in [0.25, 0.3) is 0 Å². The van der Waals surface area contributed by atoms with Crippen LogP contribution < -0.4 is 10.1 Å². The van der Waals surface area contributed by atoms with Gasteiger partial charge in [-0.2, -0.15) is 5.10 Å². The molecule has 0 aliphatic heterocycles. The Hall–Kier alpha value is -1.16. The Bertz CT molecular complexity index is 353. The summed E-state index contributed by atoms with van der Waals surface area (Å²) in [5.41, 5.74) is 0.959. The SMILES string of the molecule is CCNCc1ccc(OC2CCCCC2C)nn1. The lowest BCUT2D eigenvalue weighted by atomic mass is 9.88. The average molecular weight is 249 g/mol. The van der Waals surface area contributed by atoms with Gasteiger partial charge in [0.15, 0.2) is 0 Å². The monoisotopic (exact) mass is 249 g/mol. The highest BCUT2D eigenvalue weighted by Crippen LogP contribution is 2.27. The first-order valence-corrected chi connectivity index (χ1v) is 6.99. The Morgan fingerprint density at radius 3 is 2.78 bits per heavy atom. The van der Waals surface area contributed by atoms with Crippen LogP contribution in [0.2, 0.25) is 0 Å². The molecule has 100 valence electrons. The predicted molar refractivity (Wildman–Crippen MR) is 71.5 cm³/mol. The van der Waals surface area contributed by atoms with Crippen LogP contribution >= 0.6 is 0 Å². The van der Waals surface area contributed by atoms with Crippen LogP contribution in [0.1, 0.15) is 45.2 Å². The van der Waals surface area contributed by atoms with Gasteiger partial charge in [0.2, 0.25) is 5.88 Å². The van der Waals surface area contributed by atoms with Gasteiger partial charge in [0.25, 0.3) is 0 Å². The molecule has 0 bridgehead atoms. The minimum absolute atomic E-state index is 0.313. The number of hydrogen-bond donors (Lipinski definition) is 1. The van der Waals surface area contributed by atoms with Gasteiger partial charge in [-0.05, 0) is 37.8 Å². The highest BCUT2D eigenvalue weighted by molar-refractivity contribution is 5.12. The highest BCUT2D eigenvalue weighted by atomic mass is 16.5. The van der Waals surface area contributed by atoms with E-state index in [1.165, 1.54) is 19.3 Å². The van der Waals surface area contributed by atoms with Crippen molar-refractivity contribution in [1.82, 2.24) is 15.5 Å². The zero-order valence-electron chi connectivity index (χ0n) is 11.4. The first-order chi connectivity index (χ1) is 8.79. The van der Waals surface area contributed by atoms with Crippen LogP contribution in [0.5, 0.6) is 5.88 Å². The molecule has 1 saturated carbocycles. The molecule has 1 aliphatic carbocycles. The summed E-state index contributed by atoms with van der Waals surface area (Å²) >= 11 is 0. The van der Waals surface area contributed by atoms with Gasteiger partial charge in [-0.1, -0.05) is 20.3 Å². The molecule has 0 radical (unpaired) electrons. The molecule has 0 spiro atoms. The van der Waals surface area contributed by atoms with Crippen LogP contribution in [0.4, 0.5) is 0 Å². The zero-order chi connectivity index (χ0) is 12.8. The molecule has 4 nitrogen and oxygen atoms in total. The summed E-state index contributed by atoms with van der Waals surface area (Å²) in [5, 5.41) is 11.5. The van der Waals surface area contributed by atoms with Crippen molar-refractivity contribution in [3.8, 4) is 5.88 Å². The summed E-state index contributed by atoms with van der Waals surface area (Å²) in [6.07, 6.45) is 5.31. The van der Waals surface area contributed by atoms with E-state index in [4.69, 9.17) is 4.74 Å². The molecule has 18 heavy (non-hydrogen) atoms. The molecule has 0 amide bonds. The summed E-state index contributed by atoms with van der Waals surface area (Å²) in [7, 11) is 0. The fraction of sp³-hybridized carbons (Fsp3) is 0.714. The molecule has 1 N–H and O–H groups in total. The van der Waals surface area contributed by atoms with Gasteiger partial charge in [0.05, 0.1) is 5.69 Å². The third kappa shape index (κ3) is 3.67. The molecular weight excluding hydrogens is 226 g/mol.